The molecule has 0 aliphatic carbocycles. The number of hydroxylamine groups is 1. The molecule has 11 nitrogen and oxygen atoms in total. The maximum absolute atomic E-state index is 13.3. The zero-order valence-corrected chi connectivity index (χ0v) is 22.4. The first-order valence-corrected chi connectivity index (χ1v) is 14.5. The number of nitrogens with zero attached hydrogens (tertiary/aromatic N) is 5. The first-order chi connectivity index (χ1) is 19.0. The summed E-state index contributed by atoms with van der Waals surface area (Å²) in [7, 11) is -3.67. The quantitative estimate of drug-likeness (QED) is 0.303. The highest BCUT2D eigenvalue weighted by Crippen LogP contribution is 2.31. The SMILES string of the molecule is O=C(NO)c1cnc(N2CCN(S(=O)(=O)c3ccc(-c4ccccc4OCCN4CCCC4)cc3)CC2)nc1. The predicted molar refractivity (Wildman–Crippen MR) is 145 cm³/mol. The molecule has 0 saturated carbocycles. The molecular weight excluding hydrogens is 520 g/mol. The van der Waals surface area contributed by atoms with Gasteiger partial charge in [-0.2, -0.15) is 4.31 Å². The summed E-state index contributed by atoms with van der Waals surface area (Å²) in [5.74, 6) is 0.486. The van der Waals surface area contributed by atoms with Crippen molar-refractivity contribution in [3.05, 3.63) is 66.5 Å². The Morgan fingerprint density at radius 1 is 0.923 bits per heavy atom. The Bertz CT molecular complexity index is 1370. The van der Waals surface area contributed by atoms with Crippen LogP contribution < -0.4 is 15.1 Å². The van der Waals surface area contributed by atoms with Crippen molar-refractivity contribution in [1.29, 1.82) is 0 Å². The molecule has 0 spiro atoms. The van der Waals surface area contributed by atoms with Crippen LogP contribution in [0.5, 0.6) is 5.75 Å². The lowest BCUT2D eigenvalue weighted by molar-refractivity contribution is 0.0705. The Morgan fingerprint density at radius 2 is 1.59 bits per heavy atom. The van der Waals surface area contributed by atoms with Crippen LogP contribution in [0.3, 0.4) is 0 Å². The fourth-order valence-electron chi connectivity index (χ4n) is 4.87. The second-order valence-corrected chi connectivity index (χ2v) is 11.5. The summed E-state index contributed by atoms with van der Waals surface area (Å²) in [5.41, 5.74) is 3.49. The van der Waals surface area contributed by atoms with Gasteiger partial charge >= 0.3 is 0 Å². The van der Waals surface area contributed by atoms with Crippen LogP contribution in [0, 0.1) is 0 Å². The number of sulfonamides is 1. The van der Waals surface area contributed by atoms with Crippen molar-refractivity contribution < 1.29 is 23.2 Å². The lowest BCUT2D eigenvalue weighted by Crippen LogP contribution is -2.49. The van der Waals surface area contributed by atoms with E-state index in [-0.39, 0.29) is 23.5 Å². The molecule has 0 unspecified atom stereocenters. The second-order valence-electron chi connectivity index (χ2n) is 9.52. The molecule has 0 radical (unpaired) electrons. The van der Waals surface area contributed by atoms with E-state index < -0.39 is 15.9 Å². The van der Waals surface area contributed by atoms with Crippen molar-refractivity contribution in [3.63, 3.8) is 0 Å². The van der Waals surface area contributed by atoms with Gasteiger partial charge in [-0.15, -0.1) is 0 Å². The Hall–Kier alpha value is -3.58. The first kappa shape index (κ1) is 27.0. The van der Waals surface area contributed by atoms with E-state index in [0.717, 1.165) is 36.5 Å². The van der Waals surface area contributed by atoms with Crippen molar-refractivity contribution in [2.45, 2.75) is 17.7 Å². The van der Waals surface area contributed by atoms with Crippen LogP contribution in [0.4, 0.5) is 5.95 Å². The fourth-order valence-corrected chi connectivity index (χ4v) is 6.29. The van der Waals surface area contributed by atoms with Gasteiger partial charge in [-0.25, -0.2) is 23.9 Å². The van der Waals surface area contributed by atoms with Gasteiger partial charge in [0.15, 0.2) is 0 Å². The maximum atomic E-state index is 13.3. The minimum atomic E-state index is -3.67. The fraction of sp³-hybridized carbons (Fsp3) is 0.370. The van der Waals surface area contributed by atoms with Crippen LogP contribution in [0.25, 0.3) is 11.1 Å². The molecule has 0 atom stereocenters. The Labute approximate surface area is 228 Å². The average molecular weight is 553 g/mol. The average Bonchev–Trinajstić information content (AvgIpc) is 3.51. The molecule has 2 aromatic carbocycles. The number of likely N-dealkylation sites (tertiary alicyclic amines) is 1. The summed E-state index contributed by atoms with van der Waals surface area (Å²) in [5, 5.41) is 8.72. The highest BCUT2D eigenvalue weighted by Gasteiger charge is 2.29. The highest BCUT2D eigenvalue weighted by atomic mass is 32.2. The van der Waals surface area contributed by atoms with Gasteiger partial charge in [-0.05, 0) is 49.7 Å². The lowest BCUT2D eigenvalue weighted by atomic mass is 10.1. The third kappa shape index (κ3) is 6.19. The van der Waals surface area contributed by atoms with E-state index in [2.05, 4.69) is 14.9 Å². The number of ether oxygens (including phenoxy) is 1. The van der Waals surface area contributed by atoms with E-state index in [4.69, 9.17) is 9.94 Å². The summed E-state index contributed by atoms with van der Waals surface area (Å²) in [6.07, 6.45) is 5.12. The number of piperazine rings is 1. The Morgan fingerprint density at radius 3 is 2.26 bits per heavy atom. The van der Waals surface area contributed by atoms with Crippen molar-refractivity contribution >= 4 is 21.9 Å². The van der Waals surface area contributed by atoms with Crippen molar-refractivity contribution in [1.82, 2.24) is 24.7 Å². The number of hydrogen-bond donors (Lipinski definition) is 2. The number of hydrogen-bond acceptors (Lipinski definition) is 9. The van der Waals surface area contributed by atoms with E-state index >= 15 is 0 Å². The van der Waals surface area contributed by atoms with Gasteiger partial charge in [0, 0.05) is 50.7 Å². The second kappa shape index (κ2) is 12.1. The molecule has 3 heterocycles. The topological polar surface area (TPSA) is 128 Å². The third-order valence-electron chi connectivity index (χ3n) is 7.08. The van der Waals surface area contributed by atoms with Crippen LogP contribution in [-0.4, -0.2) is 91.1 Å². The number of benzene rings is 2. The summed E-state index contributed by atoms with van der Waals surface area (Å²) in [6.45, 7) is 5.14. The number of carbonyl (C=O) groups excluding carboxylic acids is 1. The van der Waals surface area contributed by atoms with E-state index in [0.29, 0.717) is 25.6 Å². The number of amides is 1. The van der Waals surface area contributed by atoms with Gasteiger partial charge < -0.3 is 9.64 Å². The number of rotatable bonds is 9. The monoisotopic (exact) mass is 552 g/mol. The van der Waals surface area contributed by atoms with Crippen molar-refractivity contribution in [3.8, 4) is 16.9 Å². The number of carbonyl (C=O) groups is 1. The molecule has 1 amide bonds. The van der Waals surface area contributed by atoms with Crippen LogP contribution in [-0.2, 0) is 10.0 Å². The minimum Gasteiger partial charge on any atom is -0.492 e. The Balaban J connectivity index is 1.21. The van der Waals surface area contributed by atoms with E-state index in [1.165, 1.54) is 35.0 Å². The molecule has 0 bridgehead atoms. The van der Waals surface area contributed by atoms with Crippen LogP contribution in [0.2, 0.25) is 0 Å². The molecule has 39 heavy (non-hydrogen) atoms. The van der Waals surface area contributed by atoms with Gasteiger partial charge in [0.1, 0.15) is 12.4 Å². The van der Waals surface area contributed by atoms with Gasteiger partial charge in [0.25, 0.3) is 5.91 Å². The summed E-state index contributed by atoms with van der Waals surface area (Å²) < 4.78 is 34.3. The summed E-state index contributed by atoms with van der Waals surface area (Å²) in [4.78, 5) is 24.3. The molecule has 2 N–H and O–H groups in total. The zero-order valence-electron chi connectivity index (χ0n) is 21.6. The molecule has 2 aliphatic heterocycles. The van der Waals surface area contributed by atoms with E-state index in [1.54, 1.807) is 12.1 Å². The molecular formula is C27H32N6O5S. The lowest BCUT2D eigenvalue weighted by Gasteiger charge is -2.34. The van der Waals surface area contributed by atoms with Crippen LogP contribution in [0.15, 0.2) is 65.8 Å². The number of anilines is 1. The van der Waals surface area contributed by atoms with E-state index in [1.807, 2.05) is 41.3 Å². The zero-order chi connectivity index (χ0) is 27.2. The summed E-state index contributed by atoms with van der Waals surface area (Å²) >= 11 is 0. The molecule has 1 aromatic heterocycles. The molecule has 206 valence electrons. The van der Waals surface area contributed by atoms with Gasteiger partial charge in [-0.1, -0.05) is 30.3 Å². The van der Waals surface area contributed by atoms with Gasteiger partial charge in [0.2, 0.25) is 16.0 Å². The maximum Gasteiger partial charge on any atom is 0.277 e. The molecule has 3 aromatic rings. The molecule has 2 saturated heterocycles. The predicted octanol–water partition coefficient (Wildman–Crippen LogP) is 2.25. The van der Waals surface area contributed by atoms with Crippen molar-refractivity contribution in [2.75, 3.05) is 57.3 Å². The molecule has 2 fully saturated rings. The molecule has 2 aliphatic rings. The van der Waals surface area contributed by atoms with Crippen LogP contribution in [0.1, 0.15) is 23.2 Å². The standard InChI is InChI=1S/C27H32N6O5S/c34-26(30-35)22-19-28-27(29-20-22)32-13-15-33(16-14-32)39(36,37)23-9-7-21(8-10-23)24-5-1-2-6-25(24)38-18-17-31-11-3-4-12-31/h1-2,5-10,19-20,35H,3-4,11-18H2,(H,30,34). The highest BCUT2D eigenvalue weighted by molar-refractivity contribution is 7.89. The van der Waals surface area contributed by atoms with Gasteiger partial charge in [-0.3, -0.25) is 14.9 Å². The number of para-hydroxylation sites is 1. The van der Waals surface area contributed by atoms with Crippen molar-refractivity contribution in [2.24, 2.45) is 0 Å². The minimum absolute atomic E-state index is 0.127. The first-order valence-electron chi connectivity index (χ1n) is 13.0. The Kier molecular flexibility index (Phi) is 8.36. The van der Waals surface area contributed by atoms with Crippen LogP contribution >= 0.6 is 0 Å². The largest absolute Gasteiger partial charge is 0.492 e. The summed E-state index contributed by atoms with van der Waals surface area (Å²) in [6, 6.07) is 14.8. The van der Waals surface area contributed by atoms with E-state index in [9.17, 15) is 13.2 Å². The normalized spacial score (nSPS) is 16.8. The number of aromatic nitrogens is 2. The molecule has 12 heteroatoms. The smallest absolute Gasteiger partial charge is 0.277 e. The number of nitrogens with one attached hydrogen (secondary N) is 1. The third-order valence-corrected chi connectivity index (χ3v) is 8.99. The van der Waals surface area contributed by atoms with Gasteiger partial charge in [0.05, 0.1) is 10.5 Å². The molecule has 5 rings (SSSR count).